The molecule has 0 atom stereocenters. The second-order valence-electron chi connectivity index (χ2n) is 3.47. The molecule has 0 radical (unpaired) electrons. The first-order valence-corrected chi connectivity index (χ1v) is 7.09. The fraction of sp³-hybridized carbons (Fsp3) is 0.182. The molecule has 3 heterocycles. The lowest BCUT2D eigenvalue weighted by atomic mass is 10.1. The molecular formula is C11H9ClN2S2. The molecule has 5 heteroatoms. The van der Waals surface area contributed by atoms with Crippen LogP contribution < -0.4 is 0 Å². The van der Waals surface area contributed by atoms with E-state index < -0.39 is 0 Å². The van der Waals surface area contributed by atoms with Crippen LogP contribution in [0.4, 0.5) is 0 Å². The topological polar surface area (TPSA) is 15.6 Å². The van der Waals surface area contributed by atoms with Crippen molar-refractivity contribution in [2.75, 3.05) is 12.3 Å². The van der Waals surface area contributed by atoms with Gasteiger partial charge in [-0.3, -0.25) is 0 Å². The third-order valence-corrected chi connectivity index (χ3v) is 4.39. The second-order valence-corrected chi connectivity index (χ2v) is 6.03. The number of allylic oxidation sites excluding steroid dienone is 2. The van der Waals surface area contributed by atoms with Gasteiger partial charge in [-0.25, -0.2) is 0 Å². The average Bonchev–Trinajstić information content (AvgIpc) is 2.75. The highest BCUT2D eigenvalue weighted by atomic mass is 35.5. The lowest BCUT2D eigenvalue weighted by molar-refractivity contribution is 0.594. The number of amidine groups is 1. The Balaban J connectivity index is 2.03. The average molecular weight is 269 g/mol. The summed E-state index contributed by atoms with van der Waals surface area (Å²) >= 11 is 9.19. The molecule has 2 nitrogen and oxygen atoms in total. The van der Waals surface area contributed by atoms with Crippen LogP contribution >= 0.6 is 34.9 Å². The molecule has 0 unspecified atom stereocenters. The van der Waals surface area contributed by atoms with Gasteiger partial charge in [-0.15, -0.1) is 11.3 Å². The minimum Gasteiger partial charge on any atom is -0.331 e. The van der Waals surface area contributed by atoms with Gasteiger partial charge in [0.05, 0.1) is 4.34 Å². The minimum absolute atomic E-state index is 0.820. The van der Waals surface area contributed by atoms with E-state index >= 15 is 0 Å². The lowest BCUT2D eigenvalue weighted by Crippen LogP contribution is -2.32. The Morgan fingerprint density at radius 1 is 1.38 bits per heavy atom. The van der Waals surface area contributed by atoms with E-state index in [4.69, 9.17) is 11.6 Å². The third kappa shape index (κ3) is 1.81. The van der Waals surface area contributed by atoms with Crippen molar-refractivity contribution in [1.82, 2.24) is 4.90 Å². The first kappa shape index (κ1) is 10.4. The normalized spacial score (nSPS) is 19.2. The number of hydrogen-bond donors (Lipinski definition) is 0. The van der Waals surface area contributed by atoms with Crippen LogP contribution in [0.2, 0.25) is 4.34 Å². The fourth-order valence-electron chi connectivity index (χ4n) is 1.72. The zero-order valence-corrected chi connectivity index (χ0v) is 10.8. The maximum Gasteiger partial charge on any atom is 0.149 e. The maximum absolute atomic E-state index is 5.97. The van der Waals surface area contributed by atoms with E-state index in [1.54, 1.807) is 23.3 Å². The van der Waals surface area contributed by atoms with Gasteiger partial charge >= 0.3 is 0 Å². The van der Waals surface area contributed by atoms with Crippen LogP contribution in [0.3, 0.4) is 0 Å². The summed E-state index contributed by atoms with van der Waals surface area (Å²) in [5, 5.41) is 0. The van der Waals surface area contributed by atoms with Gasteiger partial charge in [0.2, 0.25) is 0 Å². The summed E-state index contributed by atoms with van der Waals surface area (Å²) in [6, 6.07) is 3.99. The van der Waals surface area contributed by atoms with Crippen LogP contribution in [0.15, 0.2) is 34.9 Å². The molecule has 0 fully saturated rings. The van der Waals surface area contributed by atoms with Gasteiger partial charge in [0.15, 0.2) is 0 Å². The van der Waals surface area contributed by atoms with Gasteiger partial charge in [0, 0.05) is 28.9 Å². The van der Waals surface area contributed by atoms with Crippen molar-refractivity contribution in [1.29, 1.82) is 0 Å². The molecule has 0 aromatic carbocycles. The van der Waals surface area contributed by atoms with Gasteiger partial charge in [-0.1, -0.05) is 11.6 Å². The molecule has 0 bridgehead atoms. The summed E-state index contributed by atoms with van der Waals surface area (Å²) in [5.74, 6) is 2.10. The van der Waals surface area contributed by atoms with E-state index in [0.717, 1.165) is 22.5 Å². The first-order chi connectivity index (χ1) is 7.84. The molecule has 3 rings (SSSR count). The number of halogens is 1. The molecule has 0 saturated carbocycles. The van der Waals surface area contributed by atoms with Gasteiger partial charge in [0.1, 0.15) is 5.84 Å². The molecule has 0 saturated heterocycles. The first-order valence-electron chi connectivity index (χ1n) is 4.96. The zero-order chi connectivity index (χ0) is 11.0. The molecule has 1 aromatic rings. The zero-order valence-electron chi connectivity index (χ0n) is 8.39. The highest BCUT2D eigenvalue weighted by molar-refractivity contribution is 7.98. The van der Waals surface area contributed by atoms with E-state index in [1.165, 1.54) is 10.5 Å². The van der Waals surface area contributed by atoms with E-state index in [0.29, 0.717) is 0 Å². The molecule has 2 aliphatic rings. The van der Waals surface area contributed by atoms with Crippen molar-refractivity contribution < 1.29 is 0 Å². The van der Waals surface area contributed by atoms with Crippen LogP contribution in [0.1, 0.15) is 4.88 Å². The van der Waals surface area contributed by atoms with E-state index in [9.17, 15) is 0 Å². The quantitative estimate of drug-likeness (QED) is 0.722. The van der Waals surface area contributed by atoms with Crippen LogP contribution in [0.5, 0.6) is 0 Å². The highest BCUT2D eigenvalue weighted by Crippen LogP contribution is 2.32. The predicted molar refractivity (Wildman–Crippen MR) is 73.0 cm³/mol. The molecule has 0 aliphatic carbocycles. The van der Waals surface area contributed by atoms with E-state index in [2.05, 4.69) is 33.7 Å². The van der Waals surface area contributed by atoms with Crippen LogP contribution in [-0.4, -0.2) is 23.0 Å². The Bertz CT molecular complexity index is 502. The lowest BCUT2D eigenvalue weighted by Gasteiger charge is -2.28. The fourth-order valence-corrected chi connectivity index (χ4v) is 3.48. The SMILES string of the molecule is Clc1ccc(C2=CC=CN3CCSN=C23)s1. The van der Waals surface area contributed by atoms with E-state index in [1.807, 2.05) is 6.07 Å². The summed E-state index contributed by atoms with van der Waals surface area (Å²) in [5.41, 5.74) is 1.17. The number of fused-ring (bicyclic) bond motifs is 1. The summed E-state index contributed by atoms with van der Waals surface area (Å²) in [4.78, 5) is 3.38. The number of hydrogen-bond acceptors (Lipinski definition) is 4. The van der Waals surface area contributed by atoms with Gasteiger partial charge in [-0.05, 0) is 36.2 Å². The predicted octanol–water partition coefficient (Wildman–Crippen LogP) is 3.67. The third-order valence-electron chi connectivity index (χ3n) is 2.46. The molecule has 0 N–H and O–H groups in total. The second kappa shape index (κ2) is 4.28. The molecule has 16 heavy (non-hydrogen) atoms. The molecular weight excluding hydrogens is 260 g/mol. The van der Waals surface area contributed by atoms with E-state index in [-0.39, 0.29) is 0 Å². The molecule has 1 aromatic heterocycles. The smallest absolute Gasteiger partial charge is 0.149 e. The Labute approximate surface area is 107 Å². The number of nitrogens with zero attached hydrogens (tertiary/aromatic N) is 2. The summed E-state index contributed by atoms with van der Waals surface area (Å²) in [6.45, 7) is 1.02. The Morgan fingerprint density at radius 3 is 3.12 bits per heavy atom. The van der Waals surface area contributed by atoms with Crippen LogP contribution in [0.25, 0.3) is 5.57 Å². The van der Waals surface area contributed by atoms with Gasteiger partial charge < -0.3 is 4.90 Å². The summed E-state index contributed by atoms with van der Waals surface area (Å²) in [7, 11) is 0. The molecule has 0 amide bonds. The number of thiophene rings is 1. The van der Waals surface area contributed by atoms with Crippen LogP contribution in [-0.2, 0) is 0 Å². The maximum atomic E-state index is 5.97. The molecule has 0 spiro atoms. The Morgan fingerprint density at radius 2 is 2.31 bits per heavy atom. The Hall–Kier alpha value is -0.710. The van der Waals surface area contributed by atoms with Gasteiger partial charge in [0.25, 0.3) is 0 Å². The van der Waals surface area contributed by atoms with Crippen molar-refractivity contribution in [3.05, 3.63) is 39.7 Å². The minimum atomic E-state index is 0.820. The standard InChI is InChI=1S/C11H9ClN2S2/c12-10-4-3-9(16-10)8-2-1-5-14-6-7-15-13-11(8)14/h1-5H,6-7H2. The monoisotopic (exact) mass is 268 g/mol. The molecule has 2 aliphatic heterocycles. The van der Waals surface area contributed by atoms with Crippen molar-refractivity contribution in [2.45, 2.75) is 0 Å². The number of rotatable bonds is 1. The van der Waals surface area contributed by atoms with Gasteiger partial charge in [-0.2, -0.15) is 4.40 Å². The van der Waals surface area contributed by atoms with Crippen molar-refractivity contribution in [3.63, 3.8) is 0 Å². The largest absolute Gasteiger partial charge is 0.331 e. The Kier molecular flexibility index (Phi) is 2.79. The summed E-state index contributed by atoms with van der Waals surface area (Å²) in [6.07, 6.45) is 6.25. The molecule has 82 valence electrons. The van der Waals surface area contributed by atoms with Crippen LogP contribution in [0, 0.1) is 0 Å². The van der Waals surface area contributed by atoms with Crippen molar-refractivity contribution in [2.24, 2.45) is 4.40 Å². The highest BCUT2D eigenvalue weighted by Gasteiger charge is 2.22. The summed E-state index contributed by atoms with van der Waals surface area (Å²) < 4.78 is 5.34. The van der Waals surface area contributed by atoms with Crippen molar-refractivity contribution in [3.8, 4) is 0 Å². The van der Waals surface area contributed by atoms with Crippen molar-refractivity contribution >= 4 is 46.3 Å².